The summed E-state index contributed by atoms with van der Waals surface area (Å²) in [6, 6.07) is 0. The highest BCUT2D eigenvalue weighted by Crippen LogP contribution is 2.14. The Morgan fingerprint density at radius 1 is 0.242 bits per heavy atom. The van der Waals surface area contributed by atoms with Gasteiger partial charge in [-0.15, -0.1) is 0 Å². The third-order valence-corrected chi connectivity index (χ3v) is 13.4. The van der Waals surface area contributed by atoms with Crippen LogP contribution in [0, 0.1) is 0 Å². The maximum absolute atomic E-state index is 12.0. The summed E-state index contributed by atoms with van der Waals surface area (Å²) in [5.74, 6) is -0.319. The van der Waals surface area contributed by atoms with Gasteiger partial charge in [0, 0.05) is 6.42 Å². The van der Waals surface area contributed by atoms with Gasteiger partial charge >= 0.3 is 5.97 Å². The van der Waals surface area contributed by atoms with Crippen molar-refractivity contribution >= 4 is 5.97 Å². The van der Waals surface area contributed by atoms with E-state index in [0.29, 0.717) is 277 Å². The summed E-state index contributed by atoms with van der Waals surface area (Å²) in [7, 11) is 0. The van der Waals surface area contributed by atoms with Crippen LogP contribution in [0.5, 0.6) is 0 Å². The number of esters is 1. The van der Waals surface area contributed by atoms with Crippen LogP contribution in [0.1, 0.15) is 110 Å². The van der Waals surface area contributed by atoms with E-state index < -0.39 is 12.4 Å². The zero-order chi connectivity index (χ0) is 71.7. The lowest BCUT2D eigenvalue weighted by Gasteiger charge is -2.18. The molecule has 0 bridgehead atoms. The molecule has 0 amide bonds. The molecule has 99 heavy (non-hydrogen) atoms. The van der Waals surface area contributed by atoms with Crippen LogP contribution < -0.4 is 0 Å². The predicted octanol–water partition coefficient (Wildman–Crippen LogP) is 3.82. The van der Waals surface area contributed by atoms with E-state index in [0.717, 1.165) is 19.3 Å². The molecule has 0 aliphatic rings. The smallest absolute Gasteiger partial charge is 0.305 e. The highest BCUT2D eigenvalue weighted by atomic mass is 16.7. The van der Waals surface area contributed by atoms with Crippen molar-refractivity contribution in [2.75, 3.05) is 324 Å². The predicted molar refractivity (Wildman–Crippen MR) is 368 cm³/mol. The number of unbranched alkanes of at least 4 members (excludes halogenated alkanes) is 14. The van der Waals surface area contributed by atoms with Gasteiger partial charge in [-0.25, -0.2) is 0 Å². The first-order valence-electron chi connectivity index (χ1n) is 36.7. The topological polar surface area (TPSA) is 340 Å². The third-order valence-electron chi connectivity index (χ3n) is 13.4. The Morgan fingerprint density at radius 3 is 0.636 bits per heavy atom. The molecule has 0 aromatic carbocycles. The molecule has 0 fully saturated rings. The Labute approximate surface area is 593 Å². The van der Waals surface area contributed by atoms with Crippen molar-refractivity contribution in [3.63, 3.8) is 0 Å². The molecule has 2 atom stereocenters. The summed E-state index contributed by atoms with van der Waals surface area (Å²) >= 11 is 0. The number of hydrogen-bond acceptors (Lipinski definition) is 30. The van der Waals surface area contributed by atoms with Crippen molar-refractivity contribution in [1.82, 2.24) is 0 Å². The van der Waals surface area contributed by atoms with Crippen LogP contribution in [0.25, 0.3) is 0 Å². The Morgan fingerprint density at radius 2 is 0.434 bits per heavy atom. The zero-order valence-corrected chi connectivity index (χ0v) is 61.1. The second kappa shape index (κ2) is 94.4. The van der Waals surface area contributed by atoms with Crippen molar-refractivity contribution < 1.29 is 144 Å². The molecular formula is C69H140O30. The van der Waals surface area contributed by atoms with Gasteiger partial charge in [-0.2, -0.15) is 0 Å². The average Bonchev–Trinajstić information content (AvgIpc) is 3.83. The minimum Gasteiger partial charge on any atom is -0.463 e. The van der Waals surface area contributed by atoms with Crippen molar-refractivity contribution in [2.24, 2.45) is 0 Å². The molecule has 2 unspecified atom stereocenters. The van der Waals surface area contributed by atoms with Gasteiger partial charge in [0.05, 0.1) is 317 Å². The van der Waals surface area contributed by atoms with E-state index in [1.54, 1.807) is 0 Å². The van der Waals surface area contributed by atoms with Crippen LogP contribution >= 0.6 is 0 Å². The second-order valence-corrected chi connectivity index (χ2v) is 21.9. The van der Waals surface area contributed by atoms with Crippen LogP contribution in [0.4, 0.5) is 0 Å². The molecule has 30 nitrogen and oxygen atoms in total. The molecule has 0 aliphatic carbocycles. The van der Waals surface area contributed by atoms with Gasteiger partial charge in [-0.1, -0.05) is 96.8 Å². The summed E-state index contributed by atoms with van der Waals surface area (Å²) < 4.78 is 129. The van der Waals surface area contributed by atoms with Crippen molar-refractivity contribution in [1.29, 1.82) is 0 Å². The van der Waals surface area contributed by atoms with E-state index in [9.17, 15) is 15.0 Å². The monoisotopic (exact) mass is 1450 g/mol. The zero-order valence-electron chi connectivity index (χ0n) is 61.1. The first-order valence-corrected chi connectivity index (χ1v) is 36.7. The van der Waals surface area contributed by atoms with Crippen molar-refractivity contribution in [3.8, 4) is 0 Å². The normalized spacial score (nSPS) is 12.2. The molecule has 0 aromatic rings. The number of carbonyl (C=O) groups excluding carboxylic acids is 1. The van der Waals surface area contributed by atoms with Crippen LogP contribution in [0.3, 0.4) is 0 Å². The van der Waals surface area contributed by atoms with Crippen molar-refractivity contribution in [3.05, 3.63) is 0 Å². The number of aliphatic hydroxyl groups is 5. The highest BCUT2D eigenvalue weighted by Gasteiger charge is 2.14. The molecule has 5 N–H and O–H groups in total. The Hall–Kier alpha value is -1.65. The van der Waals surface area contributed by atoms with Gasteiger partial charge in [0.15, 0.2) is 6.29 Å². The van der Waals surface area contributed by atoms with Gasteiger partial charge < -0.3 is 139 Å². The number of carbonyl (C=O) groups is 1. The standard InChI is InChI=1S/C45H90O17.C24H50O13/c1-2-3-4-5-6-7-8-9-10-11-12-13-14-15-16-17-44(49)61-41-43(48)42-62-45(40-47)60-39-38-59-37-36-58-35-34-57-33-32-56-31-30-55-29-28-54-27-26-53-25-24-52-23-22-51-21-20-50-19-18-46;25-1-3-27-5-7-29-9-11-31-13-15-33-17-19-35-21-23-37-24-22-36-20-18-34-16-14-32-12-10-30-8-6-28-4-2-26/h43,45-48H,2-42H2,1H3;25-26H,1-24H2. The quantitative estimate of drug-likeness (QED) is 0.0328. The van der Waals surface area contributed by atoms with E-state index in [2.05, 4.69) is 6.92 Å². The molecular weight excluding hydrogens is 1310 g/mol. The number of ether oxygens (including phenoxy) is 24. The average molecular weight is 1450 g/mol. The molecule has 0 rings (SSSR count). The summed E-state index contributed by atoms with van der Waals surface area (Å²) in [5, 5.41) is 45.3. The Bertz CT molecular complexity index is 1390. The SMILES string of the molecule is CCCCCCCCCCCCCCCCCC(=O)OCC(O)COC(CO)OCCOCCOCCOCCOCCOCCOCCOCCOCCOCCOCCO.OCCOCCOCCOCCOCCOCCOCCOCCOCCOCCOCCOCCO. The largest absolute Gasteiger partial charge is 0.463 e. The minimum atomic E-state index is -1.01. The molecule has 596 valence electrons. The maximum Gasteiger partial charge on any atom is 0.305 e. The molecule has 0 heterocycles. The van der Waals surface area contributed by atoms with E-state index in [1.807, 2.05) is 0 Å². The molecule has 0 aromatic heterocycles. The summed E-state index contributed by atoms with van der Waals surface area (Å²) in [6.07, 6.45) is 17.4. The van der Waals surface area contributed by atoms with E-state index in [4.69, 9.17) is 129 Å². The van der Waals surface area contributed by atoms with Crippen LogP contribution in [0.15, 0.2) is 0 Å². The van der Waals surface area contributed by atoms with Crippen LogP contribution in [-0.4, -0.2) is 368 Å². The summed E-state index contributed by atoms with van der Waals surface area (Å²) in [6.45, 7) is 21.4. The molecule has 0 saturated heterocycles. The highest BCUT2D eigenvalue weighted by molar-refractivity contribution is 5.69. The lowest BCUT2D eigenvalue weighted by Crippen LogP contribution is -2.30. The molecule has 30 heteroatoms. The van der Waals surface area contributed by atoms with E-state index >= 15 is 0 Å². The lowest BCUT2D eigenvalue weighted by molar-refractivity contribution is -0.186. The first-order chi connectivity index (χ1) is 49.0. The van der Waals surface area contributed by atoms with Gasteiger partial charge in [-0.3, -0.25) is 4.79 Å². The van der Waals surface area contributed by atoms with E-state index in [-0.39, 0.29) is 58.8 Å². The molecule has 0 radical (unpaired) electrons. The number of hydrogen-bond donors (Lipinski definition) is 5. The fraction of sp³-hybridized carbons (Fsp3) is 0.986. The maximum atomic E-state index is 12.0. The van der Waals surface area contributed by atoms with Crippen LogP contribution in [0.2, 0.25) is 0 Å². The molecule has 0 spiro atoms. The molecule has 0 saturated carbocycles. The lowest BCUT2D eigenvalue weighted by atomic mass is 10.0. The Kier molecular flexibility index (Phi) is 94.7. The van der Waals surface area contributed by atoms with Crippen LogP contribution in [-0.2, 0) is 118 Å². The molecule has 0 aliphatic heterocycles. The van der Waals surface area contributed by atoms with Gasteiger partial charge in [0.1, 0.15) is 12.7 Å². The van der Waals surface area contributed by atoms with Gasteiger partial charge in [-0.05, 0) is 6.42 Å². The third kappa shape index (κ3) is 94.3. The second-order valence-electron chi connectivity index (χ2n) is 21.9. The van der Waals surface area contributed by atoms with Crippen molar-refractivity contribution in [2.45, 2.75) is 122 Å². The summed E-state index contributed by atoms with van der Waals surface area (Å²) in [5.41, 5.74) is 0. The first kappa shape index (κ1) is 99.4. The minimum absolute atomic E-state index is 0.0160. The fourth-order valence-corrected chi connectivity index (χ4v) is 8.14. The van der Waals surface area contributed by atoms with Gasteiger partial charge in [0.2, 0.25) is 0 Å². The number of rotatable bonds is 89. The van der Waals surface area contributed by atoms with Gasteiger partial charge in [0.25, 0.3) is 0 Å². The number of aliphatic hydroxyl groups excluding tert-OH is 5. The van der Waals surface area contributed by atoms with E-state index in [1.165, 1.54) is 77.0 Å². The summed E-state index contributed by atoms with van der Waals surface area (Å²) in [4.78, 5) is 12.0. The fourth-order valence-electron chi connectivity index (χ4n) is 8.14. The Balaban J connectivity index is 0.